The molecule has 3 N–H and O–H groups in total. The normalized spacial score (nSPS) is 11.6. The third-order valence-corrected chi connectivity index (χ3v) is 5.62. The van der Waals surface area contributed by atoms with Gasteiger partial charge in [-0.2, -0.15) is 5.10 Å². The maximum absolute atomic E-state index is 14.0. The average molecular weight is 544 g/mol. The number of ether oxygens (including phenoxy) is 3. The van der Waals surface area contributed by atoms with Gasteiger partial charge in [0.05, 0.1) is 25.0 Å². The smallest absolute Gasteiger partial charge is 0.408 e. The van der Waals surface area contributed by atoms with E-state index in [4.69, 9.17) is 25.8 Å². The molecule has 3 rings (SSSR count). The molecule has 1 atom stereocenters. The SMILES string of the molecule is CCOc1cc(C=NNC(=O)C(Cc2ccc(O)cc2)NC(=O)OCc2c(F)cccc2Cl)ccc1OC. The minimum absolute atomic E-state index is 0.0133. The molecule has 3 aromatic rings. The third-order valence-electron chi connectivity index (χ3n) is 5.27. The zero-order valence-electron chi connectivity index (χ0n) is 20.7. The predicted molar refractivity (Wildman–Crippen MR) is 140 cm³/mol. The second-order valence-electron chi connectivity index (χ2n) is 7.92. The Morgan fingerprint density at radius 2 is 1.89 bits per heavy atom. The van der Waals surface area contributed by atoms with Crippen molar-refractivity contribution in [3.8, 4) is 17.2 Å². The Bertz CT molecular complexity index is 1270. The minimum Gasteiger partial charge on any atom is -0.508 e. The number of benzene rings is 3. The number of phenolic OH excluding ortho intramolecular Hbond substituents is 1. The topological polar surface area (TPSA) is 118 Å². The second kappa shape index (κ2) is 13.8. The van der Waals surface area contributed by atoms with E-state index in [0.29, 0.717) is 29.2 Å². The molecule has 0 aliphatic heterocycles. The van der Waals surface area contributed by atoms with Crippen molar-refractivity contribution in [3.05, 3.63) is 88.2 Å². The van der Waals surface area contributed by atoms with Gasteiger partial charge in [0.25, 0.3) is 5.91 Å². The van der Waals surface area contributed by atoms with Gasteiger partial charge in [0.15, 0.2) is 11.5 Å². The summed E-state index contributed by atoms with van der Waals surface area (Å²) in [4.78, 5) is 25.4. The number of alkyl carbamates (subject to hydrolysis) is 1. The summed E-state index contributed by atoms with van der Waals surface area (Å²) in [5.41, 5.74) is 3.70. The number of methoxy groups -OCH3 is 1. The predicted octanol–water partition coefficient (Wildman–Crippen LogP) is 4.58. The summed E-state index contributed by atoms with van der Waals surface area (Å²) in [5.74, 6) is -0.117. The molecule has 0 bridgehead atoms. The lowest BCUT2D eigenvalue weighted by Gasteiger charge is -2.17. The monoisotopic (exact) mass is 543 g/mol. The number of amides is 2. The van der Waals surface area contributed by atoms with Crippen molar-refractivity contribution in [2.24, 2.45) is 5.10 Å². The van der Waals surface area contributed by atoms with Gasteiger partial charge in [0, 0.05) is 12.0 Å². The highest BCUT2D eigenvalue weighted by molar-refractivity contribution is 6.31. The van der Waals surface area contributed by atoms with E-state index < -0.39 is 30.5 Å². The summed E-state index contributed by atoms with van der Waals surface area (Å²) in [7, 11) is 1.53. The quantitative estimate of drug-likeness (QED) is 0.241. The van der Waals surface area contributed by atoms with Crippen LogP contribution in [0.1, 0.15) is 23.6 Å². The van der Waals surface area contributed by atoms with Crippen LogP contribution in [-0.2, 0) is 22.6 Å². The van der Waals surface area contributed by atoms with Crippen LogP contribution in [0.3, 0.4) is 0 Å². The summed E-state index contributed by atoms with van der Waals surface area (Å²) in [6, 6.07) is 14.3. The number of rotatable bonds is 11. The fourth-order valence-corrected chi connectivity index (χ4v) is 3.58. The Labute approximate surface area is 224 Å². The first-order valence-corrected chi connectivity index (χ1v) is 12.0. The number of hydrogen-bond donors (Lipinski definition) is 3. The summed E-state index contributed by atoms with van der Waals surface area (Å²) < 4.78 is 29.9. The maximum atomic E-state index is 14.0. The van der Waals surface area contributed by atoms with Crippen molar-refractivity contribution in [1.29, 1.82) is 0 Å². The molecule has 0 aromatic heterocycles. The van der Waals surface area contributed by atoms with Crippen LogP contribution in [0.2, 0.25) is 5.02 Å². The van der Waals surface area contributed by atoms with Crippen LogP contribution >= 0.6 is 11.6 Å². The number of carbonyl (C=O) groups excluding carboxylic acids is 2. The first kappa shape index (κ1) is 28.3. The molecule has 200 valence electrons. The lowest BCUT2D eigenvalue weighted by Crippen LogP contribution is -2.47. The fourth-order valence-electron chi connectivity index (χ4n) is 3.36. The summed E-state index contributed by atoms with van der Waals surface area (Å²) in [6.07, 6.45) is 0.522. The van der Waals surface area contributed by atoms with E-state index in [1.165, 1.54) is 43.7 Å². The fraction of sp³-hybridized carbons (Fsp3) is 0.222. The van der Waals surface area contributed by atoms with Crippen LogP contribution < -0.4 is 20.2 Å². The van der Waals surface area contributed by atoms with E-state index in [2.05, 4.69) is 15.8 Å². The van der Waals surface area contributed by atoms with E-state index in [1.54, 1.807) is 30.3 Å². The molecule has 0 spiro atoms. The molecule has 9 nitrogen and oxygen atoms in total. The number of hydrogen-bond acceptors (Lipinski definition) is 7. The zero-order chi connectivity index (χ0) is 27.5. The van der Waals surface area contributed by atoms with Gasteiger partial charge in [0.2, 0.25) is 0 Å². The van der Waals surface area contributed by atoms with Crippen LogP contribution in [0.4, 0.5) is 9.18 Å². The first-order chi connectivity index (χ1) is 18.3. The van der Waals surface area contributed by atoms with Crippen LogP contribution in [0.5, 0.6) is 17.2 Å². The molecule has 0 fully saturated rings. The Kier molecular flexibility index (Phi) is 10.3. The van der Waals surface area contributed by atoms with Gasteiger partial charge in [-0.25, -0.2) is 14.6 Å². The molecule has 0 saturated carbocycles. The number of carbonyl (C=O) groups is 2. The van der Waals surface area contributed by atoms with Gasteiger partial charge in [-0.05, 0) is 60.5 Å². The van der Waals surface area contributed by atoms with Crippen molar-refractivity contribution in [2.45, 2.75) is 26.0 Å². The number of aromatic hydroxyl groups is 1. The van der Waals surface area contributed by atoms with Crippen LogP contribution in [0.15, 0.2) is 65.8 Å². The molecule has 3 aromatic carbocycles. The Morgan fingerprint density at radius 1 is 1.13 bits per heavy atom. The maximum Gasteiger partial charge on any atom is 0.408 e. The van der Waals surface area contributed by atoms with E-state index >= 15 is 0 Å². The Balaban J connectivity index is 1.69. The number of phenols is 1. The van der Waals surface area contributed by atoms with E-state index in [9.17, 15) is 19.1 Å². The zero-order valence-corrected chi connectivity index (χ0v) is 21.5. The van der Waals surface area contributed by atoms with Gasteiger partial charge in [0.1, 0.15) is 24.2 Å². The molecular weight excluding hydrogens is 517 g/mol. The largest absolute Gasteiger partial charge is 0.508 e. The molecule has 11 heteroatoms. The second-order valence-corrected chi connectivity index (χ2v) is 8.33. The Morgan fingerprint density at radius 3 is 2.58 bits per heavy atom. The minimum atomic E-state index is -1.10. The molecule has 0 radical (unpaired) electrons. The molecule has 2 amide bonds. The number of nitrogens with one attached hydrogen (secondary N) is 2. The first-order valence-electron chi connectivity index (χ1n) is 11.6. The number of halogens is 2. The van der Waals surface area contributed by atoms with Crippen LogP contribution in [-0.4, -0.2) is 43.1 Å². The highest BCUT2D eigenvalue weighted by Gasteiger charge is 2.22. The van der Waals surface area contributed by atoms with E-state index in [-0.39, 0.29) is 22.8 Å². The summed E-state index contributed by atoms with van der Waals surface area (Å²) in [6.45, 7) is 1.86. The van der Waals surface area contributed by atoms with E-state index in [1.807, 2.05) is 6.92 Å². The lowest BCUT2D eigenvalue weighted by molar-refractivity contribution is -0.123. The molecule has 1 unspecified atom stereocenters. The van der Waals surface area contributed by atoms with Gasteiger partial charge in [-0.1, -0.05) is 29.8 Å². The molecule has 0 heterocycles. The number of nitrogens with zero attached hydrogens (tertiary/aromatic N) is 1. The van der Waals surface area contributed by atoms with Gasteiger partial charge in [-0.3, -0.25) is 4.79 Å². The average Bonchev–Trinajstić information content (AvgIpc) is 2.89. The highest BCUT2D eigenvalue weighted by atomic mass is 35.5. The summed E-state index contributed by atoms with van der Waals surface area (Å²) >= 11 is 5.97. The van der Waals surface area contributed by atoms with Crippen LogP contribution in [0, 0.1) is 5.82 Å². The molecule has 38 heavy (non-hydrogen) atoms. The molecule has 0 aliphatic rings. The van der Waals surface area contributed by atoms with Crippen molar-refractivity contribution < 1.29 is 33.3 Å². The molecular formula is C27H27ClFN3O6. The van der Waals surface area contributed by atoms with Gasteiger partial charge in [-0.15, -0.1) is 0 Å². The lowest BCUT2D eigenvalue weighted by atomic mass is 10.1. The van der Waals surface area contributed by atoms with Crippen molar-refractivity contribution >= 4 is 29.8 Å². The third kappa shape index (κ3) is 8.10. The molecule has 0 aliphatic carbocycles. The van der Waals surface area contributed by atoms with Crippen molar-refractivity contribution in [2.75, 3.05) is 13.7 Å². The van der Waals surface area contributed by atoms with Gasteiger partial charge >= 0.3 is 6.09 Å². The number of hydrazone groups is 1. The van der Waals surface area contributed by atoms with E-state index in [0.717, 1.165) is 0 Å². The Hall–Kier alpha value is -4.31. The standard InChI is InChI=1S/C27H27ClFN3O6/c1-3-37-25-14-18(9-12-24(25)36-2)15-30-32-26(34)23(13-17-7-10-19(33)11-8-17)31-27(35)38-16-20-21(28)5-4-6-22(20)29/h4-12,14-15,23,33H,3,13,16H2,1-2H3,(H,31,35)(H,32,34). The van der Waals surface area contributed by atoms with Gasteiger partial charge < -0.3 is 24.6 Å². The van der Waals surface area contributed by atoms with Crippen molar-refractivity contribution in [3.63, 3.8) is 0 Å². The highest BCUT2D eigenvalue weighted by Crippen LogP contribution is 2.27. The van der Waals surface area contributed by atoms with Crippen molar-refractivity contribution in [1.82, 2.24) is 10.7 Å². The van der Waals surface area contributed by atoms with Crippen LogP contribution in [0.25, 0.3) is 0 Å². The molecule has 0 saturated heterocycles. The summed E-state index contributed by atoms with van der Waals surface area (Å²) in [5, 5.41) is 16.1.